The highest BCUT2D eigenvalue weighted by atomic mass is 16.6. The summed E-state index contributed by atoms with van der Waals surface area (Å²) < 4.78 is 5.06. The minimum Gasteiger partial charge on any atom is -0.450 e. The first kappa shape index (κ1) is 19.9. The zero-order chi connectivity index (χ0) is 19.6. The summed E-state index contributed by atoms with van der Waals surface area (Å²) in [6, 6.07) is 12.6. The Kier molecular flexibility index (Phi) is 7.46. The normalized spacial score (nSPS) is 14.5. The number of hydrogen-bond donors (Lipinski definition) is 2. The fourth-order valence-electron chi connectivity index (χ4n) is 3.28. The second-order valence-corrected chi connectivity index (χ2v) is 6.89. The fourth-order valence-corrected chi connectivity index (χ4v) is 3.28. The minimum atomic E-state index is -0.223. The Morgan fingerprint density at radius 2 is 2.00 bits per heavy atom. The first-order valence-corrected chi connectivity index (χ1v) is 10.0. The zero-order valence-corrected chi connectivity index (χ0v) is 16.4. The van der Waals surface area contributed by atoms with Crippen LogP contribution in [0.1, 0.15) is 31.7 Å². The summed E-state index contributed by atoms with van der Waals surface area (Å²) in [7, 11) is 0. The molecule has 1 fully saturated rings. The second kappa shape index (κ2) is 10.5. The molecule has 28 heavy (non-hydrogen) atoms. The maximum Gasteiger partial charge on any atom is 0.409 e. The highest BCUT2D eigenvalue weighted by Crippen LogP contribution is 2.16. The van der Waals surface area contributed by atoms with Crippen molar-refractivity contribution in [2.24, 2.45) is 0 Å². The molecule has 2 heterocycles. The van der Waals surface area contributed by atoms with Crippen LogP contribution in [0.25, 0.3) is 0 Å². The van der Waals surface area contributed by atoms with Crippen molar-refractivity contribution < 1.29 is 9.53 Å². The SMILES string of the molecule is CCOC(=O)N1CCC(Nc2nccc(NCCCc3ccccc3)n2)CC1. The maximum absolute atomic E-state index is 11.8. The predicted octanol–water partition coefficient (Wildman–Crippen LogP) is 3.55. The molecule has 2 aromatic rings. The number of rotatable bonds is 8. The van der Waals surface area contributed by atoms with Crippen LogP contribution in [0.3, 0.4) is 0 Å². The van der Waals surface area contributed by atoms with Crippen molar-refractivity contribution in [3.63, 3.8) is 0 Å². The van der Waals surface area contributed by atoms with Gasteiger partial charge in [0.15, 0.2) is 0 Å². The molecular formula is C21H29N5O2. The second-order valence-electron chi connectivity index (χ2n) is 6.89. The molecule has 0 aliphatic carbocycles. The van der Waals surface area contributed by atoms with E-state index in [4.69, 9.17) is 4.74 Å². The minimum absolute atomic E-state index is 0.223. The topological polar surface area (TPSA) is 79.4 Å². The number of anilines is 2. The van der Waals surface area contributed by atoms with Gasteiger partial charge in [0.25, 0.3) is 0 Å². The highest BCUT2D eigenvalue weighted by molar-refractivity contribution is 5.67. The fraction of sp³-hybridized carbons (Fsp3) is 0.476. The molecule has 0 spiro atoms. The van der Waals surface area contributed by atoms with Gasteiger partial charge in [-0.3, -0.25) is 0 Å². The van der Waals surface area contributed by atoms with Gasteiger partial charge in [0.2, 0.25) is 5.95 Å². The number of carbonyl (C=O) groups is 1. The summed E-state index contributed by atoms with van der Waals surface area (Å²) >= 11 is 0. The van der Waals surface area contributed by atoms with Crippen LogP contribution < -0.4 is 10.6 Å². The van der Waals surface area contributed by atoms with Gasteiger partial charge in [0.1, 0.15) is 5.82 Å². The number of ether oxygens (including phenoxy) is 1. The third kappa shape index (κ3) is 6.11. The van der Waals surface area contributed by atoms with Crippen molar-refractivity contribution >= 4 is 17.9 Å². The van der Waals surface area contributed by atoms with Crippen LogP contribution in [0, 0.1) is 0 Å². The molecular weight excluding hydrogens is 354 g/mol. The Labute approximate surface area is 166 Å². The van der Waals surface area contributed by atoms with Gasteiger partial charge >= 0.3 is 6.09 Å². The van der Waals surface area contributed by atoms with Crippen molar-refractivity contribution in [1.82, 2.24) is 14.9 Å². The molecule has 1 aromatic heterocycles. The first-order valence-electron chi connectivity index (χ1n) is 10.0. The molecule has 0 unspecified atom stereocenters. The summed E-state index contributed by atoms with van der Waals surface area (Å²) in [5.74, 6) is 1.46. The molecule has 0 bridgehead atoms. The molecule has 0 radical (unpaired) electrons. The van der Waals surface area contributed by atoms with Gasteiger partial charge in [0, 0.05) is 31.9 Å². The molecule has 1 amide bonds. The summed E-state index contributed by atoms with van der Waals surface area (Å²) in [4.78, 5) is 22.4. The Morgan fingerprint density at radius 1 is 1.21 bits per heavy atom. The zero-order valence-electron chi connectivity index (χ0n) is 16.4. The van der Waals surface area contributed by atoms with E-state index in [0.717, 1.165) is 38.0 Å². The molecule has 0 saturated carbocycles. The molecule has 7 nitrogen and oxygen atoms in total. The monoisotopic (exact) mass is 383 g/mol. The average molecular weight is 383 g/mol. The number of hydrogen-bond acceptors (Lipinski definition) is 6. The van der Waals surface area contributed by atoms with Crippen molar-refractivity contribution in [3.8, 4) is 0 Å². The highest BCUT2D eigenvalue weighted by Gasteiger charge is 2.23. The summed E-state index contributed by atoms with van der Waals surface area (Å²) in [6.07, 6.45) is 5.35. The lowest BCUT2D eigenvalue weighted by molar-refractivity contribution is 0.0983. The third-order valence-corrected chi connectivity index (χ3v) is 4.80. The lowest BCUT2D eigenvalue weighted by Crippen LogP contribution is -2.42. The molecule has 1 aliphatic heterocycles. The number of piperidine rings is 1. The van der Waals surface area contributed by atoms with Crippen LogP contribution >= 0.6 is 0 Å². The van der Waals surface area contributed by atoms with E-state index in [9.17, 15) is 4.79 Å². The number of nitrogens with zero attached hydrogens (tertiary/aromatic N) is 3. The molecule has 3 rings (SSSR count). The Balaban J connectivity index is 1.40. The van der Waals surface area contributed by atoms with Crippen LogP contribution in [0.15, 0.2) is 42.6 Å². The van der Waals surface area contributed by atoms with Crippen molar-refractivity contribution in [2.45, 2.75) is 38.6 Å². The lowest BCUT2D eigenvalue weighted by Gasteiger charge is -2.31. The number of nitrogens with one attached hydrogen (secondary N) is 2. The van der Waals surface area contributed by atoms with E-state index in [0.29, 0.717) is 25.6 Å². The van der Waals surface area contributed by atoms with Crippen molar-refractivity contribution in [3.05, 3.63) is 48.2 Å². The van der Waals surface area contributed by atoms with Gasteiger partial charge in [-0.15, -0.1) is 0 Å². The molecule has 1 saturated heterocycles. The molecule has 150 valence electrons. The van der Waals surface area contributed by atoms with Gasteiger partial charge < -0.3 is 20.3 Å². The van der Waals surface area contributed by atoms with E-state index in [1.54, 1.807) is 11.1 Å². The van der Waals surface area contributed by atoms with Crippen LogP contribution in [-0.2, 0) is 11.2 Å². The van der Waals surface area contributed by atoms with E-state index in [2.05, 4.69) is 44.9 Å². The van der Waals surface area contributed by atoms with E-state index < -0.39 is 0 Å². The van der Waals surface area contributed by atoms with Gasteiger partial charge in [0.05, 0.1) is 6.61 Å². The summed E-state index contributed by atoms with van der Waals surface area (Å²) in [6.45, 7) is 4.48. The number of aryl methyl sites for hydroxylation is 1. The van der Waals surface area contributed by atoms with Crippen molar-refractivity contribution in [1.29, 1.82) is 0 Å². The van der Waals surface area contributed by atoms with Crippen LogP contribution in [-0.4, -0.2) is 53.2 Å². The molecule has 0 atom stereocenters. The Morgan fingerprint density at radius 3 is 2.75 bits per heavy atom. The molecule has 2 N–H and O–H groups in total. The van der Waals surface area contributed by atoms with Crippen molar-refractivity contribution in [2.75, 3.05) is 36.9 Å². The van der Waals surface area contributed by atoms with Crippen LogP contribution in [0.4, 0.5) is 16.6 Å². The number of benzene rings is 1. The van der Waals surface area contributed by atoms with E-state index in [-0.39, 0.29) is 12.1 Å². The molecule has 7 heteroatoms. The van der Waals surface area contributed by atoms with Gasteiger partial charge in [-0.1, -0.05) is 30.3 Å². The van der Waals surface area contributed by atoms with E-state index >= 15 is 0 Å². The van der Waals surface area contributed by atoms with Crippen LogP contribution in [0.5, 0.6) is 0 Å². The third-order valence-electron chi connectivity index (χ3n) is 4.80. The lowest BCUT2D eigenvalue weighted by atomic mass is 10.1. The standard InChI is InChI=1S/C21H29N5O2/c1-2-28-21(27)26-15-11-18(12-16-26)24-20-23-14-10-19(25-20)22-13-6-9-17-7-4-3-5-8-17/h3-5,7-8,10,14,18H,2,6,9,11-13,15-16H2,1H3,(H2,22,23,24,25). The maximum atomic E-state index is 11.8. The smallest absolute Gasteiger partial charge is 0.409 e. The van der Waals surface area contributed by atoms with Gasteiger partial charge in [-0.25, -0.2) is 9.78 Å². The average Bonchev–Trinajstić information content (AvgIpc) is 2.73. The quantitative estimate of drug-likeness (QED) is 0.679. The first-order chi connectivity index (χ1) is 13.7. The Bertz CT molecular complexity index is 733. The molecule has 1 aliphatic rings. The van der Waals surface area contributed by atoms with Gasteiger partial charge in [-0.05, 0) is 44.2 Å². The van der Waals surface area contributed by atoms with E-state index in [1.807, 2.05) is 19.1 Å². The van der Waals surface area contributed by atoms with Gasteiger partial charge in [-0.2, -0.15) is 4.98 Å². The largest absolute Gasteiger partial charge is 0.450 e. The number of carbonyl (C=O) groups excluding carboxylic acids is 1. The van der Waals surface area contributed by atoms with Crippen LogP contribution in [0.2, 0.25) is 0 Å². The Hall–Kier alpha value is -2.83. The summed E-state index contributed by atoms with van der Waals surface area (Å²) in [5, 5.41) is 6.76. The van der Waals surface area contributed by atoms with E-state index in [1.165, 1.54) is 5.56 Å². The number of aromatic nitrogens is 2. The predicted molar refractivity (Wildman–Crippen MR) is 111 cm³/mol. The molecule has 1 aromatic carbocycles. The summed E-state index contributed by atoms with van der Waals surface area (Å²) in [5.41, 5.74) is 1.35. The number of likely N-dealkylation sites (tertiary alicyclic amines) is 1. The number of amides is 1.